The molecule has 0 amide bonds. The van der Waals surface area contributed by atoms with Crippen molar-refractivity contribution in [3.8, 4) is 44.6 Å². The molecule has 0 atom stereocenters. The van der Waals surface area contributed by atoms with Crippen LogP contribution >= 0.6 is 0 Å². The van der Waals surface area contributed by atoms with Crippen molar-refractivity contribution in [3.63, 3.8) is 0 Å². The van der Waals surface area contributed by atoms with Crippen LogP contribution in [0.4, 0.5) is 0 Å². The largest absolute Gasteiger partial charge is 0.256 e. The van der Waals surface area contributed by atoms with Gasteiger partial charge in [-0.15, -0.1) is 0 Å². The van der Waals surface area contributed by atoms with Crippen molar-refractivity contribution >= 4 is 32.6 Å². The first-order valence-electron chi connectivity index (χ1n) is 18.2. The summed E-state index contributed by atoms with van der Waals surface area (Å²) in [5.41, 5.74) is 14.5. The third kappa shape index (κ3) is 4.58. The van der Waals surface area contributed by atoms with Gasteiger partial charge in [0.25, 0.3) is 0 Å². The first-order chi connectivity index (χ1) is 23.8. The van der Waals surface area contributed by atoms with Crippen molar-refractivity contribution in [2.45, 2.75) is 76.0 Å². The van der Waals surface area contributed by atoms with E-state index in [1.165, 1.54) is 131 Å². The Morgan fingerprint density at radius 2 is 1.17 bits per heavy atom. The molecular formula is C45H39N3. The molecule has 7 aromatic rings. The predicted octanol–water partition coefficient (Wildman–Crippen LogP) is 12.4. The van der Waals surface area contributed by atoms with Crippen LogP contribution in [0.3, 0.4) is 0 Å². The molecule has 3 nitrogen and oxygen atoms in total. The molecule has 3 heteroatoms. The number of hydrogen-bond donors (Lipinski definition) is 0. The standard InChI is InChI=1S/C45H39N3/c1-3-9-28(10-4-1)40-22-19-31-17-21-37-38(27-42(29-11-5-2-6-12-29)48-45(37)44(31)47-40)32-23-24-46-41(26-32)33-18-20-34-35-15-7-13-30-14-8-16-36(43(30)35)39(34)25-33/h7-8,13-29H,1-6,9-12H2. The van der Waals surface area contributed by atoms with Crippen LogP contribution in [0, 0.1) is 0 Å². The third-order valence-electron chi connectivity index (χ3n) is 11.6. The Hall–Kier alpha value is -4.89. The molecule has 10 rings (SSSR count). The molecule has 3 aliphatic carbocycles. The van der Waals surface area contributed by atoms with E-state index < -0.39 is 0 Å². The van der Waals surface area contributed by atoms with E-state index in [0.717, 1.165) is 22.3 Å². The summed E-state index contributed by atoms with van der Waals surface area (Å²) in [7, 11) is 0. The van der Waals surface area contributed by atoms with Crippen LogP contribution < -0.4 is 0 Å². The number of fused-ring (bicyclic) bond motifs is 6. The van der Waals surface area contributed by atoms with Crippen LogP contribution in [0.15, 0.2) is 103 Å². The number of pyridine rings is 3. The summed E-state index contributed by atoms with van der Waals surface area (Å²) in [6.07, 6.45) is 14.8. The van der Waals surface area contributed by atoms with Gasteiger partial charge in [-0.05, 0) is 100 Å². The smallest absolute Gasteiger partial charge is 0.0974 e. The van der Waals surface area contributed by atoms with Gasteiger partial charge in [-0.2, -0.15) is 0 Å². The molecule has 234 valence electrons. The molecule has 0 radical (unpaired) electrons. The van der Waals surface area contributed by atoms with Crippen LogP contribution in [-0.4, -0.2) is 15.0 Å². The van der Waals surface area contributed by atoms with E-state index in [0.29, 0.717) is 11.8 Å². The molecule has 3 heterocycles. The van der Waals surface area contributed by atoms with Gasteiger partial charge in [-0.3, -0.25) is 15.0 Å². The Morgan fingerprint density at radius 1 is 0.458 bits per heavy atom. The first kappa shape index (κ1) is 28.2. The average molecular weight is 622 g/mol. The van der Waals surface area contributed by atoms with Gasteiger partial charge in [0.2, 0.25) is 0 Å². The third-order valence-corrected chi connectivity index (χ3v) is 11.6. The molecular weight excluding hydrogens is 583 g/mol. The van der Waals surface area contributed by atoms with Crippen molar-refractivity contribution in [3.05, 3.63) is 115 Å². The second-order valence-corrected chi connectivity index (χ2v) is 14.4. The van der Waals surface area contributed by atoms with E-state index in [9.17, 15) is 0 Å². The quantitative estimate of drug-likeness (QED) is 0.184. The van der Waals surface area contributed by atoms with E-state index >= 15 is 0 Å². The molecule has 3 aliphatic rings. The lowest BCUT2D eigenvalue weighted by Gasteiger charge is -2.23. The molecule has 4 aromatic carbocycles. The van der Waals surface area contributed by atoms with E-state index in [4.69, 9.17) is 15.0 Å². The summed E-state index contributed by atoms with van der Waals surface area (Å²) in [5.74, 6) is 1.07. The molecule has 0 aliphatic heterocycles. The molecule has 2 saturated carbocycles. The van der Waals surface area contributed by atoms with Crippen LogP contribution in [0.25, 0.3) is 77.2 Å². The second kappa shape index (κ2) is 11.4. The summed E-state index contributed by atoms with van der Waals surface area (Å²) >= 11 is 0. The van der Waals surface area contributed by atoms with Crippen LogP contribution in [0.1, 0.15) is 87.4 Å². The highest BCUT2D eigenvalue weighted by Gasteiger charge is 2.24. The zero-order chi connectivity index (χ0) is 31.6. The number of benzene rings is 4. The van der Waals surface area contributed by atoms with Crippen LogP contribution in [0.5, 0.6) is 0 Å². The topological polar surface area (TPSA) is 38.7 Å². The maximum absolute atomic E-state index is 5.48. The van der Waals surface area contributed by atoms with Gasteiger partial charge in [-0.25, -0.2) is 0 Å². The number of hydrogen-bond acceptors (Lipinski definition) is 3. The highest BCUT2D eigenvalue weighted by molar-refractivity contribution is 6.15. The Bertz CT molecular complexity index is 2370. The minimum absolute atomic E-state index is 0.501. The molecule has 0 N–H and O–H groups in total. The Balaban J connectivity index is 1.12. The highest BCUT2D eigenvalue weighted by Crippen LogP contribution is 2.48. The molecule has 2 fully saturated rings. The Labute approximate surface area is 282 Å². The summed E-state index contributed by atoms with van der Waals surface area (Å²) < 4.78 is 0. The van der Waals surface area contributed by atoms with Crippen molar-refractivity contribution in [2.75, 3.05) is 0 Å². The zero-order valence-electron chi connectivity index (χ0n) is 27.4. The van der Waals surface area contributed by atoms with E-state index in [2.05, 4.69) is 97.1 Å². The molecule has 0 unspecified atom stereocenters. The van der Waals surface area contributed by atoms with Crippen LogP contribution in [-0.2, 0) is 0 Å². The fourth-order valence-electron chi connectivity index (χ4n) is 9.09. The zero-order valence-corrected chi connectivity index (χ0v) is 27.4. The first-order valence-corrected chi connectivity index (χ1v) is 18.2. The highest BCUT2D eigenvalue weighted by atomic mass is 14.8. The fourth-order valence-corrected chi connectivity index (χ4v) is 9.09. The molecule has 0 spiro atoms. The lowest BCUT2D eigenvalue weighted by atomic mass is 9.85. The minimum atomic E-state index is 0.501. The van der Waals surface area contributed by atoms with Crippen molar-refractivity contribution in [1.29, 1.82) is 0 Å². The maximum atomic E-state index is 5.48. The van der Waals surface area contributed by atoms with Gasteiger partial charge < -0.3 is 0 Å². The van der Waals surface area contributed by atoms with Gasteiger partial charge in [0.05, 0.1) is 16.7 Å². The Kier molecular flexibility index (Phi) is 6.67. The summed E-state index contributed by atoms with van der Waals surface area (Å²) in [5, 5.41) is 5.03. The second-order valence-electron chi connectivity index (χ2n) is 14.4. The molecule has 0 bridgehead atoms. The van der Waals surface area contributed by atoms with Gasteiger partial charge >= 0.3 is 0 Å². The van der Waals surface area contributed by atoms with E-state index in [-0.39, 0.29) is 0 Å². The van der Waals surface area contributed by atoms with Gasteiger partial charge in [-0.1, -0.05) is 105 Å². The van der Waals surface area contributed by atoms with Gasteiger partial charge in [0, 0.05) is 45.8 Å². The van der Waals surface area contributed by atoms with Crippen LogP contribution in [0.2, 0.25) is 0 Å². The molecule has 48 heavy (non-hydrogen) atoms. The molecule has 0 saturated heterocycles. The SMILES string of the molecule is c1cc2c3c(cccc3c1)-c1cc(-c3cc(-c4cc(C5CCCCC5)nc5c4ccc4ccc(C6CCCCC6)nc45)ccn3)ccc1-2. The van der Waals surface area contributed by atoms with Crippen molar-refractivity contribution < 1.29 is 0 Å². The summed E-state index contributed by atoms with van der Waals surface area (Å²) in [6, 6.07) is 36.2. The van der Waals surface area contributed by atoms with Crippen molar-refractivity contribution in [2.24, 2.45) is 0 Å². The monoisotopic (exact) mass is 621 g/mol. The van der Waals surface area contributed by atoms with Gasteiger partial charge in [0.15, 0.2) is 0 Å². The molecule has 3 aromatic heterocycles. The summed E-state index contributed by atoms with van der Waals surface area (Å²) in [6.45, 7) is 0. The summed E-state index contributed by atoms with van der Waals surface area (Å²) in [4.78, 5) is 15.8. The predicted molar refractivity (Wildman–Crippen MR) is 199 cm³/mol. The normalized spacial score (nSPS) is 16.6. The van der Waals surface area contributed by atoms with E-state index in [1.807, 2.05) is 6.20 Å². The minimum Gasteiger partial charge on any atom is -0.256 e. The van der Waals surface area contributed by atoms with Gasteiger partial charge in [0.1, 0.15) is 0 Å². The fraction of sp³-hybridized carbons (Fsp3) is 0.267. The van der Waals surface area contributed by atoms with E-state index in [1.54, 1.807) is 0 Å². The number of aromatic nitrogens is 3. The Morgan fingerprint density at radius 3 is 1.96 bits per heavy atom. The average Bonchev–Trinajstić information content (AvgIpc) is 3.49. The number of nitrogens with zero attached hydrogens (tertiary/aromatic N) is 3. The van der Waals surface area contributed by atoms with Crippen molar-refractivity contribution in [1.82, 2.24) is 15.0 Å². The number of rotatable bonds is 4. The maximum Gasteiger partial charge on any atom is 0.0974 e. The lowest BCUT2D eigenvalue weighted by Crippen LogP contribution is -2.08. The lowest BCUT2D eigenvalue weighted by molar-refractivity contribution is 0.437.